The maximum atomic E-state index is 12.6. The molecule has 0 radical (unpaired) electrons. The fourth-order valence-electron chi connectivity index (χ4n) is 3.06. The van der Waals surface area contributed by atoms with Crippen molar-refractivity contribution in [1.82, 2.24) is 14.5 Å². The summed E-state index contributed by atoms with van der Waals surface area (Å²) in [5, 5.41) is 0.719. The number of hydrogen-bond acceptors (Lipinski definition) is 2. The minimum Gasteiger partial charge on any atom is -0.342 e. The zero-order valence-electron chi connectivity index (χ0n) is 14.6. The monoisotopic (exact) mass is 355 g/mol. The first-order chi connectivity index (χ1) is 12.1. The number of amides is 1. The molecular formula is C20H22ClN3O. The van der Waals surface area contributed by atoms with E-state index in [1.54, 1.807) is 0 Å². The summed E-state index contributed by atoms with van der Waals surface area (Å²) < 4.78 is 2.01. The molecule has 25 heavy (non-hydrogen) atoms. The molecule has 0 unspecified atom stereocenters. The molecule has 0 fully saturated rings. The molecule has 3 rings (SSSR count). The maximum absolute atomic E-state index is 12.6. The summed E-state index contributed by atoms with van der Waals surface area (Å²) in [4.78, 5) is 19.2. The lowest BCUT2D eigenvalue weighted by Crippen LogP contribution is -2.33. The molecule has 0 aliphatic heterocycles. The van der Waals surface area contributed by atoms with E-state index in [9.17, 15) is 4.79 Å². The third-order valence-corrected chi connectivity index (χ3v) is 4.82. The summed E-state index contributed by atoms with van der Waals surface area (Å²) in [7, 11) is 0. The second kappa shape index (κ2) is 7.70. The molecule has 0 spiro atoms. The van der Waals surface area contributed by atoms with Crippen LogP contribution in [0.25, 0.3) is 11.0 Å². The number of rotatable bonds is 6. The Balaban J connectivity index is 2.00. The van der Waals surface area contributed by atoms with Crippen LogP contribution in [0.1, 0.15) is 25.2 Å². The molecule has 0 N–H and O–H groups in total. The van der Waals surface area contributed by atoms with Crippen molar-refractivity contribution in [1.29, 1.82) is 0 Å². The SMILES string of the molecule is CCN(CC)C(=O)Cn1c(Cc2ccccc2Cl)nc2ccccc21. The lowest BCUT2D eigenvalue weighted by atomic mass is 10.1. The van der Waals surface area contributed by atoms with Gasteiger partial charge in [-0.3, -0.25) is 4.79 Å². The Kier molecular flexibility index (Phi) is 5.39. The fourth-order valence-corrected chi connectivity index (χ4v) is 3.26. The quantitative estimate of drug-likeness (QED) is 0.666. The number of likely N-dealkylation sites (N-methyl/N-ethyl adjacent to an activating group) is 1. The van der Waals surface area contributed by atoms with Crippen molar-refractivity contribution in [2.75, 3.05) is 13.1 Å². The highest BCUT2D eigenvalue weighted by atomic mass is 35.5. The van der Waals surface area contributed by atoms with Gasteiger partial charge in [-0.15, -0.1) is 0 Å². The van der Waals surface area contributed by atoms with Crippen molar-refractivity contribution >= 4 is 28.5 Å². The van der Waals surface area contributed by atoms with Gasteiger partial charge in [-0.05, 0) is 37.6 Å². The van der Waals surface area contributed by atoms with Gasteiger partial charge in [-0.2, -0.15) is 0 Å². The summed E-state index contributed by atoms with van der Waals surface area (Å²) in [6.45, 7) is 5.71. The van der Waals surface area contributed by atoms with Crippen molar-refractivity contribution in [3.8, 4) is 0 Å². The summed E-state index contributed by atoms with van der Waals surface area (Å²) in [6, 6.07) is 15.7. The first-order valence-corrected chi connectivity index (χ1v) is 8.97. The molecule has 4 nitrogen and oxygen atoms in total. The summed E-state index contributed by atoms with van der Waals surface area (Å²) in [6.07, 6.45) is 0.597. The largest absolute Gasteiger partial charge is 0.342 e. The van der Waals surface area contributed by atoms with Crippen LogP contribution in [0, 0.1) is 0 Å². The number of imidazole rings is 1. The number of carbonyl (C=O) groups excluding carboxylic acids is 1. The van der Waals surface area contributed by atoms with Crippen LogP contribution in [0.4, 0.5) is 0 Å². The van der Waals surface area contributed by atoms with Crippen LogP contribution in [-0.4, -0.2) is 33.4 Å². The molecule has 0 saturated heterocycles. The van der Waals surface area contributed by atoms with Gasteiger partial charge in [0.2, 0.25) is 5.91 Å². The van der Waals surface area contributed by atoms with Crippen molar-refractivity contribution in [3.63, 3.8) is 0 Å². The number of carbonyl (C=O) groups is 1. The Hall–Kier alpha value is -2.33. The van der Waals surface area contributed by atoms with Crippen LogP contribution < -0.4 is 0 Å². The Morgan fingerprint density at radius 3 is 2.48 bits per heavy atom. The van der Waals surface area contributed by atoms with E-state index in [2.05, 4.69) is 0 Å². The van der Waals surface area contributed by atoms with Crippen molar-refractivity contribution in [2.24, 2.45) is 0 Å². The molecule has 1 aromatic heterocycles. The summed E-state index contributed by atoms with van der Waals surface area (Å²) in [5.41, 5.74) is 2.89. The van der Waals surface area contributed by atoms with Gasteiger partial charge < -0.3 is 9.47 Å². The number of hydrogen-bond donors (Lipinski definition) is 0. The van der Waals surface area contributed by atoms with Crippen LogP contribution in [0.3, 0.4) is 0 Å². The highest BCUT2D eigenvalue weighted by molar-refractivity contribution is 6.31. The molecule has 1 heterocycles. The number of nitrogens with zero attached hydrogens (tertiary/aromatic N) is 3. The predicted octanol–water partition coefficient (Wildman–Crippen LogP) is 4.15. The molecule has 0 saturated carbocycles. The Bertz CT molecular complexity index is 884. The second-order valence-corrected chi connectivity index (χ2v) is 6.34. The van der Waals surface area contributed by atoms with Gasteiger partial charge in [-0.1, -0.05) is 41.9 Å². The van der Waals surface area contributed by atoms with Gasteiger partial charge in [0.05, 0.1) is 11.0 Å². The average molecular weight is 356 g/mol. The lowest BCUT2D eigenvalue weighted by molar-refractivity contribution is -0.131. The highest BCUT2D eigenvalue weighted by Crippen LogP contribution is 2.22. The van der Waals surface area contributed by atoms with Gasteiger partial charge in [-0.25, -0.2) is 4.98 Å². The number of para-hydroxylation sites is 2. The standard InChI is InChI=1S/C20H22ClN3O/c1-3-23(4-2)20(25)14-24-18-12-8-7-11-17(18)22-19(24)13-15-9-5-6-10-16(15)21/h5-12H,3-4,13-14H2,1-2H3. The van der Waals surface area contributed by atoms with E-state index in [0.29, 0.717) is 26.1 Å². The van der Waals surface area contributed by atoms with E-state index in [1.165, 1.54) is 0 Å². The van der Waals surface area contributed by atoms with E-state index in [4.69, 9.17) is 16.6 Å². The first kappa shape index (κ1) is 17.5. The molecule has 0 aliphatic rings. The predicted molar refractivity (Wildman–Crippen MR) is 102 cm³/mol. The van der Waals surface area contributed by atoms with Crippen molar-refractivity contribution in [2.45, 2.75) is 26.8 Å². The Morgan fingerprint density at radius 2 is 1.76 bits per heavy atom. The van der Waals surface area contributed by atoms with Crippen molar-refractivity contribution < 1.29 is 4.79 Å². The minimum absolute atomic E-state index is 0.105. The fraction of sp³-hybridized carbons (Fsp3) is 0.300. The number of aromatic nitrogens is 2. The maximum Gasteiger partial charge on any atom is 0.242 e. The summed E-state index contributed by atoms with van der Waals surface area (Å²) in [5.74, 6) is 0.961. The Morgan fingerprint density at radius 1 is 1.08 bits per heavy atom. The third-order valence-electron chi connectivity index (χ3n) is 4.45. The molecule has 5 heteroatoms. The van der Waals surface area contributed by atoms with E-state index >= 15 is 0 Å². The smallest absolute Gasteiger partial charge is 0.242 e. The molecular weight excluding hydrogens is 334 g/mol. The molecule has 130 valence electrons. The van der Waals surface area contributed by atoms with Crippen LogP contribution >= 0.6 is 11.6 Å². The zero-order chi connectivity index (χ0) is 17.8. The normalized spacial score (nSPS) is 11.0. The van der Waals surface area contributed by atoms with E-state index in [1.807, 2.05) is 71.8 Å². The molecule has 3 aromatic rings. The number of benzene rings is 2. The van der Waals surface area contributed by atoms with Gasteiger partial charge in [0, 0.05) is 24.5 Å². The number of halogens is 1. The highest BCUT2D eigenvalue weighted by Gasteiger charge is 2.17. The van der Waals surface area contributed by atoms with Gasteiger partial charge in [0.25, 0.3) is 0 Å². The van der Waals surface area contributed by atoms with Gasteiger partial charge in [0.15, 0.2) is 0 Å². The average Bonchev–Trinajstić information content (AvgIpc) is 2.95. The van der Waals surface area contributed by atoms with Gasteiger partial charge >= 0.3 is 0 Å². The minimum atomic E-state index is 0.105. The van der Waals surface area contributed by atoms with Crippen LogP contribution in [0.2, 0.25) is 5.02 Å². The topological polar surface area (TPSA) is 38.1 Å². The van der Waals surface area contributed by atoms with E-state index in [-0.39, 0.29) is 5.91 Å². The molecule has 1 amide bonds. The van der Waals surface area contributed by atoms with E-state index in [0.717, 1.165) is 27.4 Å². The molecule has 0 aliphatic carbocycles. The number of fused-ring (bicyclic) bond motifs is 1. The third kappa shape index (κ3) is 3.69. The molecule has 0 bridgehead atoms. The van der Waals surface area contributed by atoms with Crippen LogP contribution in [-0.2, 0) is 17.8 Å². The zero-order valence-corrected chi connectivity index (χ0v) is 15.3. The molecule has 2 aromatic carbocycles. The Labute approximate surface area is 153 Å². The lowest BCUT2D eigenvalue weighted by Gasteiger charge is -2.20. The molecule has 0 atom stereocenters. The summed E-state index contributed by atoms with van der Waals surface area (Å²) >= 11 is 6.31. The van der Waals surface area contributed by atoms with E-state index < -0.39 is 0 Å². The van der Waals surface area contributed by atoms with Crippen LogP contribution in [0.5, 0.6) is 0 Å². The van der Waals surface area contributed by atoms with Crippen LogP contribution in [0.15, 0.2) is 48.5 Å². The van der Waals surface area contributed by atoms with Gasteiger partial charge in [0.1, 0.15) is 12.4 Å². The second-order valence-electron chi connectivity index (χ2n) is 5.94. The first-order valence-electron chi connectivity index (χ1n) is 8.59. The van der Waals surface area contributed by atoms with Crippen molar-refractivity contribution in [3.05, 3.63) is 64.9 Å².